The van der Waals surface area contributed by atoms with Crippen LogP contribution < -0.4 is 5.56 Å². The molecule has 4 heterocycles. The van der Waals surface area contributed by atoms with Crippen molar-refractivity contribution in [1.82, 2.24) is 29.0 Å². The average Bonchev–Trinajstić information content (AvgIpc) is 3.17. The highest BCUT2D eigenvalue weighted by molar-refractivity contribution is 5.91. The van der Waals surface area contributed by atoms with E-state index in [1.54, 1.807) is 47.8 Å². The summed E-state index contributed by atoms with van der Waals surface area (Å²) in [7, 11) is 0. The van der Waals surface area contributed by atoms with Crippen molar-refractivity contribution in [3.05, 3.63) is 88.1 Å². The fourth-order valence-corrected chi connectivity index (χ4v) is 3.47. The van der Waals surface area contributed by atoms with Crippen molar-refractivity contribution in [3.8, 4) is 5.69 Å². The number of hydrogen-bond acceptors (Lipinski definition) is 5. The lowest BCUT2D eigenvalue weighted by atomic mass is 10.0. The van der Waals surface area contributed by atoms with Crippen LogP contribution in [0.25, 0.3) is 11.5 Å². The zero-order chi connectivity index (χ0) is 20.0. The predicted octanol–water partition coefficient (Wildman–Crippen LogP) is 1.61. The lowest BCUT2D eigenvalue weighted by Crippen LogP contribution is -2.37. The van der Waals surface area contributed by atoms with Crippen molar-refractivity contribution in [2.24, 2.45) is 0 Å². The third kappa shape index (κ3) is 3.06. The molecule has 3 aromatic heterocycles. The zero-order valence-electron chi connectivity index (χ0n) is 15.2. The Morgan fingerprint density at radius 1 is 1.14 bits per heavy atom. The average molecular weight is 390 g/mol. The van der Waals surface area contributed by atoms with Crippen LogP contribution in [0, 0.1) is 5.82 Å². The maximum atomic E-state index is 13.2. The van der Waals surface area contributed by atoms with Gasteiger partial charge in [0.15, 0.2) is 0 Å². The Morgan fingerprint density at radius 3 is 2.76 bits per heavy atom. The second-order valence-electron chi connectivity index (χ2n) is 6.78. The van der Waals surface area contributed by atoms with E-state index in [0.29, 0.717) is 31.0 Å². The van der Waals surface area contributed by atoms with Crippen molar-refractivity contribution in [2.75, 3.05) is 6.54 Å². The summed E-state index contributed by atoms with van der Waals surface area (Å²) in [4.78, 5) is 35.3. The number of halogens is 1. The number of hydrogen-bond donors (Lipinski definition) is 0. The lowest BCUT2D eigenvalue weighted by molar-refractivity contribution is 0.0722. The minimum absolute atomic E-state index is 0.0824. The molecule has 0 bridgehead atoms. The van der Waals surface area contributed by atoms with Crippen LogP contribution in [0.4, 0.5) is 4.39 Å². The van der Waals surface area contributed by atoms with Crippen LogP contribution in [0.5, 0.6) is 0 Å². The molecule has 0 radical (unpaired) electrons. The lowest BCUT2D eigenvalue weighted by Gasteiger charge is -2.28. The monoisotopic (exact) mass is 390 g/mol. The van der Waals surface area contributed by atoms with E-state index in [0.717, 1.165) is 11.1 Å². The Balaban J connectivity index is 1.46. The molecule has 0 aliphatic carbocycles. The highest BCUT2D eigenvalue weighted by Crippen LogP contribution is 2.20. The molecular formula is C20H15FN6O2. The number of nitrogens with zero attached hydrogens (tertiary/aromatic N) is 6. The number of rotatable bonds is 2. The minimum atomic E-state index is -0.369. The van der Waals surface area contributed by atoms with E-state index < -0.39 is 0 Å². The molecule has 5 rings (SSSR count). The first-order valence-corrected chi connectivity index (χ1v) is 9.05. The number of fused-ring (bicyclic) bond motifs is 2. The molecule has 0 unspecified atom stereocenters. The SMILES string of the molecule is O=C(c1nc2ncccn2n1)N1CCc2cc(=O)n(-c3ccc(F)cc3)cc2C1. The van der Waals surface area contributed by atoms with Gasteiger partial charge in [-0.15, -0.1) is 5.10 Å². The van der Waals surface area contributed by atoms with Crippen LogP contribution in [0.1, 0.15) is 21.7 Å². The van der Waals surface area contributed by atoms with Gasteiger partial charge in [-0.1, -0.05) is 0 Å². The molecule has 1 aromatic carbocycles. The topological polar surface area (TPSA) is 85.4 Å². The number of amides is 1. The summed E-state index contributed by atoms with van der Waals surface area (Å²) in [5.74, 6) is -0.218. The molecule has 1 aliphatic heterocycles. The fraction of sp³-hybridized carbons (Fsp3) is 0.150. The van der Waals surface area contributed by atoms with Crippen molar-refractivity contribution in [1.29, 1.82) is 0 Å². The largest absolute Gasteiger partial charge is 0.331 e. The zero-order valence-corrected chi connectivity index (χ0v) is 15.2. The number of benzene rings is 1. The number of aromatic nitrogens is 5. The summed E-state index contributed by atoms with van der Waals surface area (Å²) >= 11 is 0. The molecule has 0 N–H and O–H groups in total. The molecule has 0 atom stereocenters. The number of pyridine rings is 1. The summed E-state index contributed by atoms with van der Waals surface area (Å²) in [6, 6.07) is 8.99. The van der Waals surface area contributed by atoms with E-state index in [9.17, 15) is 14.0 Å². The van der Waals surface area contributed by atoms with Crippen molar-refractivity contribution >= 4 is 11.7 Å². The number of carbonyl (C=O) groups excluding carboxylic acids is 1. The second-order valence-corrected chi connectivity index (χ2v) is 6.78. The molecule has 8 nitrogen and oxygen atoms in total. The first kappa shape index (κ1) is 17.2. The minimum Gasteiger partial charge on any atom is -0.331 e. The maximum Gasteiger partial charge on any atom is 0.293 e. The molecule has 1 aliphatic rings. The van der Waals surface area contributed by atoms with Gasteiger partial charge in [0.25, 0.3) is 17.2 Å². The Bertz CT molecular complexity index is 1260. The Hall–Kier alpha value is -3.88. The van der Waals surface area contributed by atoms with E-state index in [1.165, 1.54) is 21.2 Å². The molecule has 0 fully saturated rings. The standard InChI is InChI=1S/C20H15FN6O2/c21-15-2-4-16(5-3-15)26-12-14-11-25(9-6-13(14)10-17(26)28)19(29)18-23-20-22-7-1-8-27(20)24-18/h1-5,7-8,10,12H,6,9,11H2. The van der Waals surface area contributed by atoms with Gasteiger partial charge in [0.05, 0.1) is 0 Å². The Labute approximate surface area is 163 Å². The Kier molecular flexibility index (Phi) is 3.94. The highest BCUT2D eigenvalue weighted by atomic mass is 19.1. The van der Waals surface area contributed by atoms with Gasteiger partial charge >= 0.3 is 0 Å². The van der Waals surface area contributed by atoms with Crippen LogP contribution in [0.3, 0.4) is 0 Å². The van der Waals surface area contributed by atoms with Gasteiger partial charge in [-0.2, -0.15) is 4.98 Å². The molecule has 0 saturated heterocycles. The molecule has 0 spiro atoms. The molecule has 4 aromatic rings. The van der Waals surface area contributed by atoms with E-state index in [-0.39, 0.29) is 23.1 Å². The molecular weight excluding hydrogens is 375 g/mol. The van der Waals surface area contributed by atoms with Gasteiger partial charge < -0.3 is 4.90 Å². The Morgan fingerprint density at radius 2 is 1.97 bits per heavy atom. The second kappa shape index (κ2) is 6.62. The van der Waals surface area contributed by atoms with Gasteiger partial charge in [0, 0.05) is 43.4 Å². The van der Waals surface area contributed by atoms with Gasteiger partial charge in [0.1, 0.15) is 5.82 Å². The van der Waals surface area contributed by atoms with Crippen LogP contribution in [-0.4, -0.2) is 41.5 Å². The van der Waals surface area contributed by atoms with Crippen LogP contribution >= 0.6 is 0 Å². The predicted molar refractivity (Wildman–Crippen MR) is 101 cm³/mol. The fourth-order valence-electron chi connectivity index (χ4n) is 3.47. The highest BCUT2D eigenvalue weighted by Gasteiger charge is 2.26. The van der Waals surface area contributed by atoms with Crippen molar-refractivity contribution < 1.29 is 9.18 Å². The summed E-state index contributed by atoms with van der Waals surface area (Å²) in [5.41, 5.74) is 2.14. The van der Waals surface area contributed by atoms with Gasteiger partial charge in [0.2, 0.25) is 5.82 Å². The third-order valence-corrected chi connectivity index (χ3v) is 4.94. The summed E-state index contributed by atoms with van der Waals surface area (Å²) in [6.45, 7) is 0.799. The van der Waals surface area contributed by atoms with Crippen LogP contribution in [0.2, 0.25) is 0 Å². The molecule has 29 heavy (non-hydrogen) atoms. The summed E-state index contributed by atoms with van der Waals surface area (Å²) < 4.78 is 16.1. The van der Waals surface area contributed by atoms with E-state index in [2.05, 4.69) is 15.1 Å². The van der Waals surface area contributed by atoms with Gasteiger partial charge in [-0.3, -0.25) is 14.2 Å². The third-order valence-electron chi connectivity index (χ3n) is 4.94. The normalized spacial score (nSPS) is 13.5. The number of carbonyl (C=O) groups is 1. The molecule has 1 amide bonds. The van der Waals surface area contributed by atoms with E-state index in [1.807, 2.05) is 0 Å². The molecule has 144 valence electrons. The molecule has 9 heteroatoms. The smallest absolute Gasteiger partial charge is 0.293 e. The van der Waals surface area contributed by atoms with E-state index >= 15 is 0 Å². The van der Waals surface area contributed by atoms with E-state index in [4.69, 9.17) is 0 Å². The van der Waals surface area contributed by atoms with Crippen molar-refractivity contribution in [2.45, 2.75) is 13.0 Å². The van der Waals surface area contributed by atoms with Crippen LogP contribution in [-0.2, 0) is 13.0 Å². The van der Waals surface area contributed by atoms with Gasteiger partial charge in [-0.05, 0) is 47.9 Å². The maximum absolute atomic E-state index is 13.2. The van der Waals surface area contributed by atoms with Gasteiger partial charge in [-0.25, -0.2) is 13.9 Å². The van der Waals surface area contributed by atoms with Crippen LogP contribution in [0.15, 0.2) is 59.8 Å². The molecule has 0 saturated carbocycles. The first-order chi connectivity index (χ1) is 14.1. The quantitative estimate of drug-likeness (QED) is 0.519. The summed E-state index contributed by atoms with van der Waals surface area (Å²) in [5, 5.41) is 4.19. The summed E-state index contributed by atoms with van der Waals surface area (Å²) in [6.07, 6.45) is 5.54. The van der Waals surface area contributed by atoms with Crippen molar-refractivity contribution in [3.63, 3.8) is 0 Å². The first-order valence-electron chi connectivity index (χ1n) is 9.05.